The first kappa shape index (κ1) is 25.5. The van der Waals surface area contributed by atoms with Gasteiger partial charge < -0.3 is 25.4 Å². The minimum absolute atomic E-state index is 0.197. The van der Waals surface area contributed by atoms with E-state index in [4.69, 9.17) is 16.3 Å². The van der Waals surface area contributed by atoms with Crippen LogP contribution in [-0.2, 0) is 0 Å². The van der Waals surface area contributed by atoms with Gasteiger partial charge in [-0.3, -0.25) is 4.79 Å². The first-order valence-corrected chi connectivity index (χ1v) is 10.3. The standard InChI is InChI=1S/C21H19ClF5N3O4/c1-10(21(25,26)27)34-17-8-16(28-20(33)30-6-5-11(30)9-31)15(24)7-12(17)19(32)29-18-13(22)3-2-4-14(18)23/h2-4,7-8,10-11,31H,5-6,9H2,1H3,(H,28,33)(H,29,32). The van der Waals surface area contributed by atoms with E-state index in [0.717, 1.165) is 12.1 Å². The van der Waals surface area contributed by atoms with E-state index in [-0.39, 0.29) is 18.2 Å². The molecular weight excluding hydrogens is 489 g/mol. The SMILES string of the molecule is CC(Oc1cc(NC(=O)N2CCC2CO)c(F)cc1C(=O)Nc1c(F)cccc1Cl)C(F)(F)F. The number of halogens is 6. The van der Waals surface area contributed by atoms with Crippen LogP contribution in [0.4, 0.5) is 38.1 Å². The molecule has 3 amide bonds. The van der Waals surface area contributed by atoms with Crippen LogP contribution < -0.4 is 15.4 Å². The number of rotatable bonds is 6. The summed E-state index contributed by atoms with van der Waals surface area (Å²) in [6.07, 6.45) is -6.70. The van der Waals surface area contributed by atoms with Crippen molar-refractivity contribution in [2.45, 2.75) is 31.7 Å². The number of carbonyl (C=O) groups excluding carboxylic acids is 2. The molecule has 3 N–H and O–H groups in total. The molecule has 7 nitrogen and oxygen atoms in total. The summed E-state index contributed by atoms with van der Waals surface area (Å²) in [5.74, 6) is -4.00. The van der Waals surface area contributed by atoms with Gasteiger partial charge in [-0.15, -0.1) is 0 Å². The number of likely N-dealkylation sites (tertiary alicyclic amines) is 1. The van der Waals surface area contributed by atoms with E-state index in [0.29, 0.717) is 19.4 Å². The Morgan fingerprint density at radius 2 is 1.94 bits per heavy atom. The number of anilines is 2. The molecule has 2 unspecified atom stereocenters. The first-order chi connectivity index (χ1) is 15.9. The van der Waals surface area contributed by atoms with Crippen molar-refractivity contribution in [1.82, 2.24) is 4.90 Å². The van der Waals surface area contributed by atoms with Gasteiger partial charge in [-0.25, -0.2) is 13.6 Å². The van der Waals surface area contributed by atoms with Crippen molar-refractivity contribution >= 4 is 34.9 Å². The topological polar surface area (TPSA) is 90.9 Å². The average molecular weight is 508 g/mol. The Labute approximate surface area is 195 Å². The third-order valence-corrected chi connectivity index (χ3v) is 5.45. The van der Waals surface area contributed by atoms with Crippen LogP contribution >= 0.6 is 11.6 Å². The van der Waals surface area contributed by atoms with E-state index < -0.39 is 64.6 Å². The van der Waals surface area contributed by atoms with Crippen molar-refractivity contribution in [1.29, 1.82) is 0 Å². The van der Waals surface area contributed by atoms with Gasteiger partial charge in [-0.2, -0.15) is 13.2 Å². The van der Waals surface area contributed by atoms with Crippen LogP contribution in [-0.4, -0.2) is 53.4 Å². The maximum atomic E-state index is 14.7. The second-order valence-electron chi connectivity index (χ2n) is 7.43. The molecule has 2 aromatic carbocycles. The quantitative estimate of drug-likeness (QED) is 0.490. The molecule has 3 rings (SSSR count). The molecule has 0 saturated carbocycles. The molecular formula is C21H19ClF5N3O4. The monoisotopic (exact) mass is 507 g/mol. The lowest BCUT2D eigenvalue weighted by atomic mass is 10.1. The van der Waals surface area contributed by atoms with Gasteiger partial charge in [0.2, 0.25) is 0 Å². The number of aliphatic hydroxyl groups excluding tert-OH is 1. The summed E-state index contributed by atoms with van der Waals surface area (Å²) in [6.45, 7) is 0.644. The Morgan fingerprint density at radius 1 is 1.24 bits per heavy atom. The highest BCUT2D eigenvalue weighted by Gasteiger charge is 2.39. The van der Waals surface area contributed by atoms with Gasteiger partial charge in [0.25, 0.3) is 5.91 Å². The minimum atomic E-state index is -4.83. The van der Waals surface area contributed by atoms with Gasteiger partial charge in [0, 0.05) is 12.6 Å². The zero-order valence-corrected chi connectivity index (χ0v) is 18.3. The maximum absolute atomic E-state index is 14.7. The van der Waals surface area contributed by atoms with E-state index in [1.807, 2.05) is 0 Å². The number of aliphatic hydroxyl groups is 1. The predicted molar refractivity (Wildman–Crippen MR) is 113 cm³/mol. The van der Waals surface area contributed by atoms with Crippen LogP contribution in [0.2, 0.25) is 5.02 Å². The molecule has 1 heterocycles. The highest BCUT2D eigenvalue weighted by Crippen LogP contribution is 2.33. The van der Waals surface area contributed by atoms with Gasteiger partial charge >= 0.3 is 12.2 Å². The van der Waals surface area contributed by atoms with E-state index in [2.05, 4.69) is 10.6 Å². The molecule has 0 bridgehead atoms. The largest absolute Gasteiger partial charge is 0.480 e. The van der Waals surface area contributed by atoms with Gasteiger partial charge in [0.05, 0.1) is 34.6 Å². The zero-order valence-electron chi connectivity index (χ0n) is 17.5. The van der Waals surface area contributed by atoms with Crippen molar-refractivity contribution in [2.24, 2.45) is 0 Å². The molecule has 0 radical (unpaired) electrons. The number of carbonyl (C=O) groups is 2. The molecule has 1 saturated heterocycles. The molecule has 34 heavy (non-hydrogen) atoms. The number of hydrogen-bond acceptors (Lipinski definition) is 4. The van der Waals surface area contributed by atoms with Crippen molar-refractivity contribution in [3.8, 4) is 5.75 Å². The molecule has 0 spiro atoms. The predicted octanol–water partition coefficient (Wildman–Crippen LogP) is 4.80. The number of nitrogens with zero attached hydrogens (tertiary/aromatic N) is 1. The average Bonchev–Trinajstić information content (AvgIpc) is 2.71. The molecule has 1 aliphatic rings. The first-order valence-electron chi connectivity index (χ1n) is 9.93. The fourth-order valence-electron chi connectivity index (χ4n) is 3.06. The van der Waals surface area contributed by atoms with E-state index in [1.54, 1.807) is 0 Å². The van der Waals surface area contributed by atoms with Crippen LogP contribution in [0.1, 0.15) is 23.7 Å². The molecule has 184 valence electrons. The summed E-state index contributed by atoms with van der Waals surface area (Å²) in [6, 6.07) is 3.52. The highest BCUT2D eigenvalue weighted by atomic mass is 35.5. The van der Waals surface area contributed by atoms with Crippen LogP contribution in [0.15, 0.2) is 30.3 Å². The Balaban J connectivity index is 1.95. The number of benzene rings is 2. The summed E-state index contributed by atoms with van der Waals surface area (Å²) < 4.78 is 72.9. The third kappa shape index (κ3) is 5.50. The molecule has 1 fully saturated rings. The third-order valence-electron chi connectivity index (χ3n) is 5.14. The summed E-state index contributed by atoms with van der Waals surface area (Å²) in [5.41, 5.74) is -1.71. The van der Waals surface area contributed by atoms with Crippen molar-refractivity contribution < 1.29 is 41.4 Å². The lowest BCUT2D eigenvalue weighted by Crippen LogP contribution is -2.54. The Hall–Kier alpha value is -3.12. The number of urea groups is 1. The maximum Gasteiger partial charge on any atom is 0.425 e. The van der Waals surface area contributed by atoms with E-state index >= 15 is 0 Å². The minimum Gasteiger partial charge on any atom is -0.480 e. The molecule has 13 heteroatoms. The number of alkyl halides is 3. The lowest BCUT2D eigenvalue weighted by molar-refractivity contribution is -0.189. The Morgan fingerprint density at radius 3 is 2.50 bits per heavy atom. The molecule has 1 aliphatic heterocycles. The molecule has 0 aliphatic carbocycles. The van der Waals surface area contributed by atoms with Crippen LogP contribution in [0, 0.1) is 11.6 Å². The smallest absolute Gasteiger partial charge is 0.425 e. The van der Waals surface area contributed by atoms with Gasteiger partial charge in [0.15, 0.2) is 6.10 Å². The number of hydrogen-bond donors (Lipinski definition) is 3. The summed E-state index contributed by atoms with van der Waals surface area (Å²) in [5, 5.41) is 13.3. The van der Waals surface area contributed by atoms with Crippen LogP contribution in [0.5, 0.6) is 5.75 Å². The number of para-hydroxylation sites is 1. The second kappa shape index (κ2) is 10.0. The van der Waals surface area contributed by atoms with E-state index in [9.17, 15) is 36.6 Å². The van der Waals surface area contributed by atoms with Gasteiger partial charge in [0.1, 0.15) is 17.4 Å². The number of nitrogens with one attached hydrogen (secondary N) is 2. The van der Waals surface area contributed by atoms with Crippen molar-refractivity contribution in [3.05, 3.63) is 52.6 Å². The second-order valence-corrected chi connectivity index (χ2v) is 7.84. The Bertz CT molecular complexity index is 1080. The van der Waals surface area contributed by atoms with Crippen molar-refractivity contribution in [3.63, 3.8) is 0 Å². The van der Waals surface area contributed by atoms with Crippen molar-refractivity contribution in [2.75, 3.05) is 23.8 Å². The molecule has 0 aromatic heterocycles. The zero-order chi connectivity index (χ0) is 25.2. The fourth-order valence-corrected chi connectivity index (χ4v) is 3.27. The fraction of sp³-hybridized carbons (Fsp3) is 0.333. The van der Waals surface area contributed by atoms with E-state index in [1.165, 1.54) is 17.0 Å². The van der Waals surface area contributed by atoms with Gasteiger partial charge in [-0.1, -0.05) is 17.7 Å². The summed E-state index contributed by atoms with van der Waals surface area (Å²) in [7, 11) is 0. The molecule has 2 aromatic rings. The van der Waals surface area contributed by atoms with Gasteiger partial charge in [-0.05, 0) is 31.5 Å². The van der Waals surface area contributed by atoms with Crippen LogP contribution in [0.3, 0.4) is 0 Å². The van der Waals surface area contributed by atoms with Crippen LogP contribution in [0.25, 0.3) is 0 Å². The Kier molecular flexibility index (Phi) is 7.51. The summed E-state index contributed by atoms with van der Waals surface area (Å²) in [4.78, 5) is 26.2. The normalized spacial score (nSPS) is 16.5. The summed E-state index contributed by atoms with van der Waals surface area (Å²) >= 11 is 5.85. The number of amides is 3. The number of ether oxygens (including phenoxy) is 1. The highest BCUT2D eigenvalue weighted by molar-refractivity contribution is 6.34. The molecule has 2 atom stereocenters. The lowest BCUT2D eigenvalue weighted by Gasteiger charge is -2.39.